The van der Waals surface area contributed by atoms with Crippen LogP contribution in [0, 0.1) is 0 Å². The molecule has 0 saturated heterocycles. The predicted molar refractivity (Wildman–Crippen MR) is 117 cm³/mol. The molecule has 144 valence electrons. The zero-order valence-electron chi connectivity index (χ0n) is 16.1. The number of guanidine groups is 1. The molecule has 0 atom stereocenters. The molecular formula is C17H30IN3O3S. The molecule has 0 aliphatic heterocycles. The van der Waals surface area contributed by atoms with E-state index in [4.69, 9.17) is 14.2 Å². The Bertz CT molecular complexity index is 568. The minimum Gasteiger partial charge on any atom is -0.493 e. The van der Waals surface area contributed by atoms with Crippen molar-refractivity contribution >= 4 is 41.7 Å². The second-order valence-corrected chi connectivity index (χ2v) is 7.25. The second-order valence-electron chi connectivity index (χ2n) is 5.74. The van der Waals surface area contributed by atoms with Crippen LogP contribution in [-0.2, 0) is 6.54 Å². The van der Waals surface area contributed by atoms with Gasteiger partial charge < -0.3 is 24.8 Å². The fourth-order valence-corrected chi connectivity index (χ4v) is 2.29. The summed E-state index contributed by atoms with van der Waals surface area (Å²) in [7, 11) is 6.58. The van der Waals surface area contributed by atoms with E-state index < -0.39 is 0 Å². The van der Waals surface area contributed by atoms with Gasteiger partial charge in [-0.3, -0.25) is 4.99 Å². The van der Waals surface area contributed by atoms with Crippen molar-refractivity contribution in [2.24, 2.45) is 4.99 Å². The molecule has 0 bridgehead atoms. The van der Waals surface area contributed by atoms with Crippen molar-refractivity contribution < 1.29 is 14.2 Å². The Hall–Kier alpha value is -1.03. The first kappa shape index (κ1) is 24.0. The Morgan fingerprint density at radius 3 is 2.20 bits per heavy atom. The van der Waals surface area contributed by atoms with Gasteiger partial charge in [-0.05, 0) is 32.2 Å². The van der Waals surface area contributed by atoms with Crippen LogP contribution in [0.4, 0.5) is 0 Å². The average Bonchev–Trinajstić information content (AvgIpc) is 2.60. The number of halogens is 1. The largest absolute Gasteiger partial charge is 0.493 e. The molecule has 25 heavy (non-hydrogen) atoms. The molecule has 6 nitrogen and oxygen atoms in total. The molecule has 0 amide bonds. The summed E-state index contributed by atoms with van der Waals surface area (Å²) in [5, 5.41) is 6.64. The van der Waals surface area contributed by atoms with Crippen molar-refractivity contribution in [1.82, 2.24) is 10.6 Å². The van der Waals surface area contributed by atoms with Crippen molar-refractivity contribution in [2.75, 3.05) is 41.2 Å². The number of nitrogens with zero attached hydrogens (tertiary/aromatic N) is 1. The molecule has 0 spiro atoms. The lowest BCUT2D eigenvalue weighted by molar-refractivity contribution is 0.322. The van der Waals surface area contributed by atoms with Gasteiger partial charge in [0.25, 0.3) is 0 Å². The molecule has 2 N–H and O–H groups in total. The highest BCUT2D eigenvalue weighted by atomic mass is 127. The summed E-state index contributed by atoms with van der Waals surface area (Å²) in [6.45, 7) is 5.75. The van der Waals surface area contributed by atoms with E-state index in [0.717, 1.165) is 18.1 Å². The quantitative estimate of drug-likeness (QED) is 0.337. The van der Waals surface area contributed by atoms with Crippen molar-refractivity contribution in [3.05, 3.63) is 17.7 Å². The molecular weight excluding hydrogens is 453 g/mol. The smallest absolute Gasteiger partial charge is 0.203 e. The first-order chi connectivity index (χ1) is 11.4. The number of rotatable bonds is 8. The number of nitrogens with one attached hydrogen (secondary N) is 2. The van der Waals surface area contributed by atoms with Gasteiger partial charge in [0.2, 0.25) is 5.75 Å². The maximum atomic E-state index is 5.50. The van der Waals surface area contributed by atoms with Crippen LogP contribution in [0.3, 0.4) is 0 Å². The van der Waals surface area contributed by atoms with Crippen LogP contribution < -0.4 is 24.8 Å². The lowest BCUT2D eigenvalue weighted by atomic mass is 10.1. The topological polar surface area (TPSA) is 64.1 Å². The Kier molecular flexibility index (Phi) is 11.1. The molecule has 0 unspecified atom stereocenters. The molecule has 0 aliphatic carbocycles. The Morgan fingerprint density at radius 2 is 1.72 bits per heavy atom. The lowest BCUT2D eigenvalue weighted by Crippen LogP contribution is -2.43. The van der Waals surface area contributed by atoms with Gasteiger partial charge in [0.15, 0.2) is 17.5 Å². The van der Waals surface area contributed by atoms with E-state index in [-0.39, 0.29) is 28.7 Å². The highest BCUT2D eigenvalue weighted by molar-refractivity contribution is 14.0. The van der Waals surface area contributed by atoms with E-state index in [1.54, 1.807) is 28.4 Å². The van der Waals surface area contributed by atoms with Gasteiger partial charge in [0.1, 0.15) is 0 Å². The van der Waals surface area contributed by atoms with Crippen LogP contribution in [-0.4, -0.2) is 51.9 Å². The Labute approximate surface area is 172 Å². The van der Waals surface area contributed by atoms with E-state index in [2.05, 4.69) is 35.7 Å². The Balaban J connectivity index is 0.00000576. The van der Waals surface area contributed by atoms with E-state index >= 15 is 0 Å². The minimum atomic E-state index is 0. The normalized spacial score (nSPS) is 11.4. The molecule has 1 aromatic carbocycles. The summed E-state index contributed by atoms with van der Waals surface area (Å²) in [6.07, 6.45) is 2.10. The number of hydrogen-bond donors (Lipinski definition) is 2. The number of ether oxygens (including phenoxy) is 3. The van der Waals surface area contributed by atoms with Crippen molar-refractivity contribution in [2.45, 2.75) is 25.1 Å². The van der Waals surface area contributed by atoms with E-state index in [1.165, 1.54) is 0 Å². The van der Waals surface area contributed by atoms with E-state index in [0.29, 0.717) is 23.8 Å². The molecule has 0 aromatic heterocycles. The van der Waals surface area contributed by atoms with E-state index in [1.807, 2.05) is 23.9 Å². The number of benzene rings is 1. The van der Waals surface area contributed by atoms with Gasteiger partial charge in [0, 0.05) is 30.4 Å². The van der Waals surface area contributed by atoms with Crippen molar-refractivity contribution in [1.29, 1.82) is 0 Å². The van der Waals surface area contributed by atoms with Crippen LogP contribution >= 0.6 is 35.7 Å². The first-order valence-corrected chi connectivity index (χ1v) is 8.92. The zero-order valence-corrected chi connectivity index (χ0v) is 19.2. The third-order valence-corrected chi connectivity index (χ3v) is 4.94. The number of thioether (sulfide) groups is 1. The summed E-state index contributed by atoms with van der Waals surface area (Å²) >= 11 is 1.81. The third kappa shape index (κ3) is 7.01. The SMILES string of the molecule is CN=C(NCc1ccc(OC)c(OC)c1OC)NCC(C)(C)SC.I. The Morgan fingerprint density at radius 1 is 1.08 bits per heavy atom. The monoisotopic (exact) mass is 483 g/mol. The van der Waals surface area contributed by atoms with Crippen LogP contribution in [0.15, 0.2) is 17.1 Å². The van der Waals surface area contributed by atoms with Crippen molar-refractivity contribution in [3.63, 3.8) is 0 Å². The van der Waals surface area contributed by atoms with Gasteiger partial charge in [-0.2, -0.15) is 11.8 Å². The summed E-state index contributed by atoms with van der Waals surface area (Å²) in [4.78, 5) is 4.26. The van der Waals surface area contributed by atoms with Crippen LogP contribution in [0.25, 0.3) is 0 Å². The molecule has 0 radical (unpaired) electrons. The van der Waals surface area contributed by atoms with Crippen LogP contribution in [0.5, 0.6) is 17.2 Å². The molecule has 0 fully saturated rings. The fourth-order valence-electron chi connectivity index (χ4n) is 2.07. The van der Waals surface area contributed by atoms with Crippen LogP contribution in [0.1, 0.15) is 19.4 Å². The molecule has 0 heterocycles. The summed E-state index contributed by atoms with van der Waals surface area (Å²) < 4.78 is 16.4. The van der Waals surface area contributed by atoms with Gasteiger partial charge in [-0.25, -0.2) is 0 Å². The van der Waals surface area contributed by atoms with Gasteiger partial charge in [-0.15, -0.1) is 24.0 Å². The molecule has 0 saturated carbocycles. The fraction of sp³-hybridized carbons (Fsp3) is 0.588. The summed E-state index contributed by atoms with van der Waals surface area (Å²) in [5.41, 5.74) is 0.960. The molecule has 1 rings (SSSR count). The highest BCUT2D eigenvalue weighted by Crippen LogP contribution is 2.39. The third-order valence-electron chi connectivity index (χ3n) is 3.69. The number of aliphatic imine (C=N–C) groups is 1. The number of methoxy groups -OCH3 is 3. The maximum absolute atomic E-state index is 5.50. The zero-order chi connectivity index (χ0) is 18.2. The summed E-state index contributed by atoms with van der Waals surface area (Å²) in [5.74, 6) is 2.63. The second kappa shape index (κ2) is 11.6. The maximum Gasteiger partial charge on any atom is 0.203 e. The van der Waals surface area contributed by atoms with Gasteiger partial charge in [0.05, 0.1) is 21.3 Å². The molecule has 8 heteroatoms. The van der Waals surface area contributed by atoms with Crippen molar-refractivity contribution in [3.8, 4) is 17.2 Å². The van der Waals surface area contributed by atoms with Crippen LogP contribution in [0.2, 0.25) is 0 Å². The first-order valence-electron chi connectivity index (χ1n) is 7.70. The van der Waals surface area contributed by atoms with Gasteiger partial charge in [-0.1, -0.05) is 0 Å². The average molecular weight is 483 g/mol. The highest BCUT2D eigenvalue weighted by Gasteiger charge is 2.18. The molecule has 1 aromatic rings. The summed E-state index contributed by atoms with van der Waals surface area (Å²) in [6, 6.07) is 3.82. The minimum absolute atomic E-state index is 0. The van der Waals surface area contributed by atoms with Gasteiger partial charge >= 0.3 is 0 Å². The predicted octanol–water partition coefficient (Wildman–Crippen LogP) is 3.14. The lowest BCUT2D eigenvalue weighted by Gasteiger charge is -2.24. The van der Waals surface area contributed by atoms with E-state index in [9.17, 15) is 0 Å². The number of hydrogen-bond acceptors (Lipinski definition) is 5. The standard InChI is InChI=1S/C17H29N3O3S.HI/c1-17(2,24-7)11-20-16(18-3)19-10-12-8-9-13(21-4)15(23-6)14(12)22-5;/h8-9H,10-11H2,1-7H3,(H2,18,19,20);1H. The molecule has 0 aliphatic rings.